The zero-order valence-electron chi connectivity index (χ0n) is 11.4. The lowest BCUT2D eigenvalue weighted by Crippen LogP contribution is -2.22. The Labute approximate surface area is 139 Å². The molecule has 0 saturated carbocycles. The largest absolute Gasteiger partial charge is 0.301 e. The fraction of sp³-hybridized carbons (Fsp3) is 0.429. The molecule has 0 spiro atoms. The molecule has 0 radical (unpaired) electrons. The van der Waals surface area contributed by atoms with Crippen molar-refractivity contribution in [2.45, 2.75) is 37.9 Å². The predicted octanol–water partition coefficient (Wildman–Crippen LogP) is 5.12. The second-order valence-corrected chi connectivity index (χ2v) is 7.58. The van der Waals surface area contributed by atoms with Crippen LogP contribution in [0.2, 0.25) is 0 Å². The summed E-state index contributed by atoms with van der Waals surface area (Å²) >= 11 is 8.42. The summed E-state index contributed by atoms with van der Waals surface area (Å²) in [4.78, 5) is 16.4. The molecule has 0 aliphatic rings. The molecule has 0 saturated heterocycles. The number of anilines is 1. The summed E-state index contributed by atoms with van der Waals surface area (Å²) in [6.45, 7) is 4.17. The number of thiazole rings is 1. The first kappa shape index (κ1) is 15.9. The average molecular weight is 420 g/mol. The zero-order chi connectivity index (χ0) is 14.7. The normalized spacial score (nSPS) is 12.6. The molecule has 0 aliphatic heterocycles. The summed E-state index contributed by atoms with van der Waals surface area (Å²) in [7, 11) is 0. The number of nitrogens with one attached hydrogen (secondary N) is 1. The number of aryl methyl sites for hydroxylation is 1. The molecular weight excluding hydrogens is 404 g/mol. The van der Waals surface area contributed by atoms with Crippen molar-refractivity contribution in [3.63, 3.8) is 0 Å². The first-order valence-electron chi connectivity index (χ1n) is 6.59. The van der Waals surface area contributed by atoms with Gasteiger partial charge >= 0.3 is 0 Å². The Morgan fingerprint density at radius 2 is 2.20 bits per heavy atom. The molecule has 20 heavy (non-hydrogen) atoms. The maximum atomic E-state index is 12.0. The van der Waals surface area contributed by atoms with Crippen LogP contribution in [0.1, 0.15) is 32.3 Å². The summed E-state index contributed by atoms with van der Waals surface area (Å²) in [6, 6.07) is 4.12. The van der Waals surface area contributed by atoms with E-state index < -0.39 is 0 Å². The van der Waals surface area contributed by atoms with Crippen molar-refractivity contribution >= 4 is 64.5 Å². The lowest BCUT2D eigenvalue weighted by atomic mass is 10.1. The van der Waals surface area contributed by atoms with E-state index in [0.717, 1.165) is 34.0 Å². The maximum absolute atomic E-state index is 12.0. The van der Waals surface area contributed by atoms with Crippen molar-refractivity contribution in [2.75, 3.05) is 5.32 Å². The van der Waals surface area contributed by atoms with Crippen LogP contribution < -0.4 is 5.32 Å². The van der Waals surface area contributed by atoms with Gasteiger partial charge in [0.1, 0.15) is 0 Å². The summed E-state index contributed by atoms with van der Waals surface area (Å²) in [6.07, 6.45) is 2.71. The fourth-order valence-electron chi connectivity index (χ4n) is 1.95. The topological polar surface area (TPSA) is 42.0 Å². The number of amides is 1. The molecule has 0 fully saturated rings. The highest BCUT2D eigenvalue weighted by atomic mass is 79.9. The minimum Gasteiger partial charge on any atom is -0.301 e. The van der Waals surface area contributed by atoms with Crippen LogP contribution >= 0.6 is 43.2 Å². The highest BCUT2D eigenvalue weighted by Gasteiger charge is 2.16. The van der Waals surface area contributed by atoms with Gasteiger partial charge < -0.3 is 5.32 Å². The Hall–Kier alpha value is -0.460. The molecule has 2 aromatic rings. The number of nitrogens with zero attached hydrogens (tertiary/aromatic N) is 1. The van der Waals surface area contributed by atoms with Crippen LogP contribution in [0.3, 0.4) is 0 Å². The van der Waals surface area contributed by atoms with Crippen molar-refractivity contribution in [1.29, 1.82) is 0 Å². The molecular formula is C14H16Br2N2OS. The van der Waals surface area contributed by atoms with Crippen LogP contribution in [-0.2, 0) is 11.2 Å². The van der Waals surface area contributed by atoms with Gasteiger partial charge in [-0.3, -0.25) is 4.79 Å². The monoisotopic (exact) mass is 418 g/mol. The quantitative estimate of drug-likeness (QED) is 0.683. The Morgan fingerprint density at radius 1 is 1.45 bits per heavy atom. The van der Waals surface area contributed by atoms with E-state index in [1.807, 2.05) is 6.07 Å². The number of aromatic nitrogens is 1. The molecule has 1 aromatic carbocycles. The predicted molar refractivity (Wildman–Crippen MR) is 93.0 cm³/mol. The van der Waals surface area contributed by atoms with Gasteiger partial charge in [-0.1, -0.05) is 63.5 Å². The third-order valence-electron chi connectivity index (χ3n) is 2.98. The van der Waals surface area contributed by atoms with Crippen molar-refractivity contribution in [3.05, 3.63) is 22.2 Å². The molecule has 1 atom stereocenters. The number of carbonyl (C=O) groups excluding carboxylic acids is 1. The van der Waals surface area contributed by atoms with E-state index in [9.17, 15) is 4.79 Å². The Morgan fingerprint density at radius 3 is 2.85 bits per heavy atom. The molecule has 6 heteroatoms. The molecule has 1 heterocycles. The second kappa shape index (κ2) is 7.00. The van der Waals surface area contributed by atoms with Gasteiger partial charge in [0.25, 0.3) is 0 Å². The van der Waals surface area contributed by atoms with Gasteiger partial charge in [0, 0.05) is 4.47 Å². The first-order chi connectivity index (χ1) is 9.55. The van der Waals surface area contributed by atoms with E-state index in [4.69, 9.17) is 0 Å². The van der Waals surface area contributed by atoms with E-state index in [2.05, 4.69) is 62.1 Å². The highest BCUT2D eigenvalue weighted by molar-refractivity contribution is 9.10. The van der Waals surface area contributed by atoms with Crippen molar-refractivity contribution in [3.8, 4) is 0 Å². The van der Waals surface area contributed by atoms with Crippen LogP contribution in [0.4, 0.5) is 5.13 Å². The fourth-order valence-corrected chi connectivity index (χ4v) is 4.14. The smallest absolute Gasteiger partial charge is 0.239 e. The Bertz CT molecular complexity index is 627. The Balaban J connectivity index is 2.26. The van der Waals surface area contributed by atoms with Gasteiger partial charge in [-0.15, -0.1) is 0 Å². The minimum absolute atomic E-state index is 0.0250. The number of rotatable bonds is 5. The van der Waals surface area contributed by atoms with Crippen molar-refractivity contribution in [1.82, 2.24) is 4.98 Å². The number of benzene rings is 1. The summed E-state index contributed by atoms with van der Waals surface area (Å²) in [5.41, 5.74) is 2.17. The lowest BCUT2D eigenvalue weighted by Gasteiger charge is -2.06. The molecule has 0 bridgehead atoms. The lowest BCUT2D eigenvalue weighted by molar-refractivity contribution is -0.115. The molecule has 1 amide bonds. The molecule has 1 N–H and O–H groups in total. The van der Waals surface area contributed by atoms with E-state index >= 15 is 0 Å². The third kappa shape index (κ3) is 3.59. The number of carbonyl (C=O) groups is 1. The summed E-state index contributed by atoms with van der Waals surface area (Å²) in [5.74, 6) is -0.0250. The van der Waals surface area contributed by atoms with Crippen LogP contribution in [0, 0.1) is 0 Å². The van der Waals surface area contributed by atoms with E-state index in [0.29, 0.717) is 5.13 Å². The van der Waals surface area contributed by atoms with Gasteiger partial charge in [-0.05, 0) is 30.5 Å². The molecule has 1 aromatic heterocycles. The second-order valence-electron chi connectivity index (χ2n) is 4.53. The van der Waals surface area contributed by atoms with Gasteiger partial charge in [0.2, 0.25) is 5.91 Å². The van der Waals surface area contributed by atoms with Crippen LogP contribution in [0.15, 0.2) is 16.6 Å². The van der Waals surface area contributed by atoms with E-state index in [1.54, 1.807) is 0 Å². The zero-order valence-corrected chi connectivity index (χ0v) is 15.4. The van der Waals surface area contributed by atoms with Crippen LogP contribution in [-0.4, -0.2) is 15.7 Å². The minimum atomic E-state index is -0.156. The van der Waals surface area contributed by atoms with E-state index in [-0.39, 0.29) is 10.7 Å². The number of alkyl halides is 1. The van der Waals surface area contributed by atoms with Gasteiger partial charge in [0.05, 0.1) is 15.0 Å². The highest BCUT2D eigenvalue weighted by Crippen LogP contribution is 2.32. The molecule has 2 rings (SSSR count). The first-order valence-corrected chi connectivity index (χ1v) is 9.11. The number of fused-ring (bicyclic) bond motifs is 1. The Kier molecular flexibility index (Phi) is 5.57. The van der Waals surface area contributed by atoms with Crippen molar-refractivity contribution in [2.24, 2.45) is 0 Å². The molecule has 0 aliphatic carbocycles. The van der Waals surface area contributed by atoms with Crippen LogP contribution in [0.5, 0.6) is 0 Å². The number of hydrogen-bond donors (Lipinski definition) is 1. The SMILES string of the molecule is CCC[C@@H](Br)C(=O)Nc1nc2c(CC)cc(Br)cc2s1. The van der Waals surface area contributed by atoms with Gasteiger partial charge in [-0.25, -0.2) is 4.98 Å². The maximum Gasteiger partial charge on any atom is 0.239 e. The number of hydrogen-bond acceptors (Lipinski definition) is 3. The summed E-state index contributed by atoms with van der Waals surface area (Å²) in [5, 5.41) is 3.56. The molecule has 108 valence electrons. The standard InChI is InChI=1S/C14H16Br2N2OS/c1-3-5-10(16)13(19)18-14-17-12-8(4-2)6-9(15)7-11(12)20-14/h6-7,10H,3-5H2,1-2H3,(H,17,18,19)/t10-/m1/s1. The average Bonchev–Trinajstić information content (AvgIpc) is 2.79. The van der Waals surface area contributed by atoms with E-state index in [1.165, 1.54) is 16.9 Å². The third-order valence-corrected chi connectivity index (χ3v) is 5.23. The van der Waals surface area contributed by atoms with Crippen molar-refractivity contribution < 1.29 is 4.79 Å². The van der Waals surface area contributed by atoms with Gasteiger partial charge in [-0.2, -0.15) is 0 Å². The van der Waals surface area contributed by atoms with Crippen LogP contribution in [0.25, 0.3) is 10.2 Å². The molecule has 0 unspecified atom stereocenters. The number of halogens is 2. The molecule has 3 nitrogen and oxygen atoms in total. The summed E-state index contributed by atoms with van der Waals surface area (Å²) < 4.78 is 2.14. The van der Waals surface area contributed by atoms with Gasteiger partial charge in [0.15, 0.2) is 5.13 Å².